The van der Waals surface area contributed by atoms with Crippen molar-refractivity contribution in [2.45, 2.75) is 5.78 Å². The molecular weight excluding hydrogens is 429 g/mol. The number of hydrogen-bond acceptors (Lipinski definition) is 0. The summed E-state index contributed by atoms with van der Waals surface area (Å²) >= 11 is 0. The zero-order chi connectivity index (χ0) is 22.3. The molecule has 0 amide bonds. The fourth-order valence-electron chi connectivity index (χ4n) is 6.65. The van der Waals surface area contributed by atoms with E-state index in [4.69, 9.17) is 0 Å². The van der Waals surface area contributed by atoms with E-state index < -0.39 is 7.26 Å². The first-order valence-corrected chi connectivity index (χ1v) is 13.7. The molecule has 1 unspecified atom stereocenters. The number of fused-ring (bicyclic) bond motifs is 6. The van der Waals surface area contributed by atoms with Gasteiger partial charge in [-0.05, 0) is 52.6 Å². The summed E-state index contributed by atoms with van der Waals surface area (Å²) in [6, 6.07) is 45.4. The lowest BCUT2D eigenvalue weighted by Gasteiger charge is -2.25. The normalized spacial score (nSPS) is 16.8. The van der Waals surface area contributed by atoms with Crippen LogP contribution in [0.1, 0.15) is 11.3 Å². The molecule has 6 aromatic rings. The Morgan fingerprint density at radius 2 is 1.15 bits per heavy atom. The first kappa shape index (κ1) is 18.6. The van der Waals surface area contributed by atoms with Gasteiger partial charge in [0.2, 0.25) is 5.69 Å². The molecule has 158 valence electrons. The zero-order valence-corrected chi connectivity index (χ0v) is 19.5. The molecule has 34 heavy (non-hydrogen) atoms. The van der Waals surface area contributed by atoms with Crippen molar-refractivity contribution in [2.24, 2.45) is 0 Å². The summed E-state index contributed by atoms with van der Waals surface area (Å²) in [5.41, 5.74) is 4.29. The first-order chi connectivity index (χ1) is 16.9. The van der Waals surface area contributed by atoms with Crippen molar-refractivity contribution < 1.29 is 4.57 Å². The predicted octanol–water partition coefficient (Wildman–Crippen LogP) is 6.12. The number of nitrogens with zero attached hydrogens (tertiary/aromatic N) is 1. The Bertz CT molecular complexity index is 1720. The van der Waals surface area contributed by atoms with Crippen molar-refractivity contribution in [1.29, 1.82) is 0 Å². The van der Waals surface area contributed by atoms with Gasteiger partial charge in [0, 0.05) is 17.5 Å². The molecule has 0 aliphatic carbocycles. The van der Waals surface area contributed by atoms with Crippen LogP contribution < -0.4 is 20.5 Å². The van der Waals surface area contributed by atoms with E-state index >= 15 is 0 Å². The number of hydrogen-bond donors (Lipinski definition) is 0. The highest BCUT2D eigenvalue weighted by atomic mass is 31.2. The van der Waals surface area contributed by atoms with Crippen LogP contribution in [-0.4, -0.2) is 0 Å². The van der Waals surface area contributed by atoms with Gasteiger partial charge >= 0.3 is 0 Å². The molecule has 0 radical (unpaired) electrons. The van der Waals surface area contributed by atoms with E-state index in [1.54, 1.807) is 0 Å². The smallest absolute Gasteiger partial charge is 0.157 e. The summed E-state index contributed by atoms with van der Waals surface area (Å²) < 4.78 is 2.59. The van der Waals surface area contributed by atoms with E-state index in [0.717, 1.165) is 0 Å². The quantitative estimate of drug-likeness (QED) is 0.170. The largest absolute Gasteiger partial charge is 0.298 e. The Morgan fingerprint density at radius 3 is 1.88 bits per heavy atom. The lowest BCUT2D eigenvalue weighted by molar-refractivity contribution is -0.676. The maximum absolute atomic E-state index is 2.59. The second-order valence-corrected chi connectivity index (χ2v) is 12.7. The van der Waals surface area contributed by atoms with Crippen molar-refractivity contribution in [1.82, 2.24) is 0 Å². The molecule has 2 aliphatic rings. The average molecular weight is 452 g/mol. The Morgan fingerprint density at radius 1 is 0.529 bits per heavy atom. The van der Waals surface area contributed by atoms with Gasteiger partial charge in [-0.1, -0.05) is 72.8 Å². The SMILES string of the molecule is c1ccc([P+]2(c3ccccc3)c3cccc4c3c3c(c5ccccc54)-c4cccc[n+]4C32)cc1. The van der Waals surface area contributed by atoms with Crippen LogP contribution in [0.25, 0.3) is 32.8 Å². The molecule has 0 fully saturated rings. The summed E-state index contributed by atoms with van der Waals surface area (Å²) in [6.07, 6.45) is 2.31. The molecule has 1 atom stereocenters. The summed E-state index contributed by atoms with van der Waals surface area (Å²) in [5.74, 6) is 0.271. The molecule has 5 aromatic carbocycles. The third-order valence-electron chi connectivity index (χ3n) is 7.81. The Balaban J connectivity index is 1.67. The molecule has 0 saturated carbocycles. The van der Waals surface area contributed by atoms with Gasteiger partial charge in [-0.3, -0.25) is 0 Å². The minimum atomic E-state index is -2.03. The monoisotopic (exact) mass is 451 g/mol. The molecule has 2 heteroatoms. The molecule has 1 nitrogen and oxygen atoms in total. The van der Waals surface area contributed by atoms with Gasteiger partial charge < -0.3 is 0 Å². The summed E-state index contributed by atoms with van der Waals surface area (Å²) in [7, 11) is -2.03. The highest BCUT2D eigenvalue weighted by molar-refractivity contribution is 7.96. The first-order valence-electron chi connectivity index (χ1n) is 11.9. The van der Waals surface area contributed by atoms with Gasteiger partial charge in [0.25, 0.3) is 5.78 Å². The van der Waals surface area contributed by atoms with Gasteiger partial charge in [-0.2, -0.15) is 4.57 Å². The maximum Gasteiger partial charge on any atom is 0.298 e. The maximum atomic E-state index is 2.59. The third-order valence-corrected chi connectivity index (χ3v) is 12.4. The molecule has 0 N–H and O–H groups in total. The van der Waals surface area contributed by atoms with Gasteiger partial charge in [-0.15, -0.1) is 0 Å². The van der Waals surface area contributed by atoms with Gasteiger partial charge in [0.15, 0.2) is 13.5 Å². The number of aromatic nitrogens is 1. The topological polar surface area (TPSA) is 3.88 Å². The standard InChI is InChI=1S/C32H22NP/c1-3-12-22(13-4-1)34(23-14-5-2-6-15-23)28-20-11-18-26-24-16-7-8-17-25(24)29-27-19-9-10-21-33(27)32(34)31(29)30(26)28/h1-21,32H/q+2. The summed E-state index contributed by atoms with van der Waals surface area (Å²) in [4.78, 5) is 0. The van der Waals surface area contributed by atoms with Gasteiger partial charge in [0.05, 0.1) is 11.1 Å². The second-order valence-electron chi connectivity index (χ2n) is 9.29. The Labute approximate surface area is 199 Å². The average Bonchev–Trinajstić information content (AvgIpc) is 3.42. The molecule has 0 bridgehead atoms. The fourth-order valence-corrected chi connectivity index (χ4v) is 11.8. The van der Waals surface area contributed by atoms with Crippen LogP contribution in [0.15, 0.2) is 128 Å². The summed E-state index contributed by atoms with van der Waals surface area (Å²) in [6.45, 7) is 0. The molecule has 1 aromatic heterocycles. The van der Waals surface area contributed by atoms with E-state index in [0.29, 0.717) is 0 Å². The lowest BCUT2D eigenvalue weighted by atomic mass is 9.92. The third kappa shape index (κ3) is 2.08. The zero-order valence-electron chi connectivity index (χ0n) is 18.6. The molecule has 3 heterocycles. The van der Waals surface area contributed by atoms with E-state index in [1.165, 1.54) is 54.3 Å². The lowest BCUT2D eigenvalue weighted by Crippen LogP contribution is -2.45. The van der Waals surface area contributed by atoms with Crippen LogP contribution >= 0.6 is 7.26 Å². The van der Waals surface area contributed by atoms with Crippen molar-refractivity contribution in [2.75, 3.05) is 0 Å². The fraction of sp³-hybridized carbons (Fsp3) is 0.0312. The van der Waals surface area contributed by atoms with E-state index in [2.05, 4.69) is 132 Å². The molecule has 2 aliphatic heterocycles. The van der Waals surface area contributed by atoms with E-state index in [-0.39, 0.29) is 5.78 Å². The minimum absolute atomic E-state index is 0.271. The predicted molar refractivity (Wildman–Crippen MR) is 144 cm³/mol. The molecule has 8 rings (SSSR count). The van der Waals surface area contributed by atoms with E-state index in [9.17, 15) is 0 Å². The van der Waals surface area contributed by atoms with Crippen LogP contribution in [0.5, 0.6) is 0 Å². The highest BCUT2D eigenvalue weighted by Gasteiger charge is 2.68. The second kappa shape index (κ2) is 6.63. The summed E-state index contributed by atoms with van der Waals surface area (Å²) in [5, 5.41) is 10.0. The van der Waals surface area contributed by atoms with Gasteiger partial charge in [-0.25, -0.2) is 0 Å². The van der Waals surface area contributed by atoms with E-state index in [1.807, 2.05) is 0 Å². The van der Waals surface area contributed by atoms with Crippen LogP contribution in [0.2, 0.25) is 0 Å². The van der Waals surface area contributed by atoms with Crippen molar-refractivity contribution >= 4 is 44.7 Å². The van der Waals surface area contributed by atoms with Crippen molar-refractivity contribution in [3.05, 3.63) is 133 Å². The van der Waals surface area contributed by atoms with Crippen LogP contribution in [0.3, 0.4) is 0 Å². The Hall–Kier alpha value is -3.80. The number of pyridine rings is 1. The minimum Gasteiger partial charge on any atom is -0.157 e. The Kier molecular flexibility index (Phi) is 3.63. The number of benzene rings is 5. The molecule has 0 spiro atoms. The van der Waals surface area contributed by atoms with Crippen LogP contribution in [0, 0.1) is 0 Å². The van der Waals surface area contributed by atoms with Crippen LogP contribution in [-0.2, 0) is 0 Å². The van der Waals surface area contributed by atoms with Crippen LogP contribution in [0.4, 0.5) is 0 Å². The molecular formula is C32H22NP+2. The van der Waals surface area contributed by atoms with Gasteiger partial charge in [0.1, 0.15) is 15.9 Å². The van der Waals surface area contributed by atoms with Crippen molar-refractivity contribution in [3.8, 4) is 11.3 Å². The molecule has 0 saturated heterocycles. The number of rotatable bonds is 2. The van der Waals surface area contributed by atoms with Crippen molar-refractivity contribution in [3.63, 3.8) is 0 Å². The highest BCUT2D eigenvalue weighted by Crippen LogP contribution is 2.73.